The van der Waals surface area contributed by atoms with Gasteiger partial charge in [0, 0.05) is 11.0 Å². The van der Waals surface area contributed by atoms with E-state index in [9.17, 15) is 13.2 Å². The standard InChI is InChI=1S/C8H12F3NOS/c1-5(13)6(2)14-4-7(3-12)8(9,10)11/h5-7,13H,4H2,1-2H3. The van der Waals surface area contributed by atoms with Crippen molar-refractivity contribution in [1.29, 1.82) is 5.26 Å². The van der Waals surface area contributed by atoms with Crippen LogP contribution >= 0.6 is 11.8 Å². The zero-order valence-electron chi connectivity index (χ0n) is 7.88. The highest BCUT2D eigenvalue weighted by molar-refractivity contribution is 7.99. The summed E-state index contributed by atoms with van der Waals surface area (Å²) in [4.78, 5) is 0. The van der Waals surface area contributed by atoms with Gasteiger partial charge in [0.25, 0.3) is 0 Å². The SMILES string of the molecule is CC(O)C(C)SCC(C#N)C(F)(F)F. The van der Waals surface area contributed by atoms with Gasteiger partial charge in [-0.3, -0.25) is 0 Å². The lowest BCUT2D eigenvalue weighted by Crippen LogP contribution is -2.25. The number of nitrogens with zero attached hydrogens (tertiary/aromatic N) is 1. The van der Waals surface area contributed by atoms with Crippen LogP contribution in [-0.4, -0.2) is 28.4 Å². The number of nitriles is 1. The fourth-order valence-corrected chi connectivity index (χ4v) is 1.63. The minimum atomic E-state index is -4.47. The van der Waals surface area contributed by atoms with Crippen molar-refractivity contribution in [3.8, 4) is 6.07 Å². The Balaban J connectivity index is 4.05. The lowest BCUT2D eigenvalue weighted by Gasteiger charge is -2.17. The first-order valence-corrected chi connectivity index (χ1v) is 5.10. The Labute approximate surface area is 85.1 Å². The molecule has 0 aromatic carbocycles. The molecule has 14 heavy (non-hydrogen) atoms. The third-order valence-electron chi connectivity index (χ3n) is 1.76. The molecule has 0 aromatic heterocycles. The Morgan fingerprint density at radius 3 is 2.21 bits per heavy atom. The molecule has 0 saturated heterocycles. The van der Waals surface area contributed by atoms with Crippen molar-refractivity contribution >= 4 is 11.8 Å². The smallest absolute Gasteiger partial charge is 0.392 e. The summed E-state index contributed by atoms with van der Waals surface area (Å²) in [5, 5.41) is 17.0. The molecule has 0 spiro atoms. The molecule has 3 unspecified atom stereocenters. The van der Waals surface area contributed by atoms with Crippen LogP contribution in [-0.2, 0) is 0 Å². The highest BCUT2D eigenvalue weighted by Crippen LogP contribution is 2.30. The first-order valence-electron chi connectivity index (χ1n) is 4.05. The monoisotopic (exact) mass is 227 g/mol. The molecule has 0 bridgehead atoms. The number of thioether (sulfide) groups is 1. The number of aliphatic hydroxyl groups is 1. The molecule has 3 atom stereocenters. The molecule has 1 N–H and O–H groups in total. The van der Waals surface area contributed by atoms with E-state index in [1.807, 2.05) is 0 Å². The number of halogens is 3. The van der Waals surface area contributed by atoms with Crippen LogP contribution in [0.2, 0.25) is 0 Å². The van der Waals surface area contributed by atoms with Crippen LogP contribution in [0.25, 0.3) is 0 Å². The highest BCUT2D eigenvalue weighted by atomic mass is 32.2. The number of hydrogen-bond acceptors (Lipinski definition) is 3. The summed E-state index contributed by atoms with van der Waals surface area (Å²) in [5.74, 6) is -2.28. The third kappa shape index (κ3) is 4.72. The molecular weight excluding hydrogens is 215 g/mol. The van der Waals surface area contributed by atoms with E-state index in [0.717, 1.165) is 11.8 Å². The van der Waals surface area contributed by atoms with Gasteiger partial charge in [0.2, 0.25) is 0 Å². The van der Waals surface area contributed by atoms with Crippen molar-refractivity contribution in [2.24, 2.45) is 5.92 Å². The molecule has 0 radical (unpaired) electrons. The molecule has 0 aliphatic rings. The molecule has 6 heteroatoms. The Bertz CT molecular complexity index is 212. The molecule has 0 amide bonds. The van der Waals surface area contributed by atoms with E-state index in [1.165, 1.54) is 13.0 Å². The van der Waals surface area contributed by atoms with Gasteiger partial charge in [0.05, 0.1) is 12.2 Å². The second kappa shape index (κ2) is 5.47. The van der Waals surface area contributed by atoms with Crippen molar-refractivity contribution in [3.05, 3.63) is 0 Å². The largest absolute Gasteiger partial charge is 0.405 e. The first kappa shape index (κ1) is 13.6. The summed E-state index contributed by atoms with van der Waals surface area (Å²) < 4.78 is 36.2. The molecule has 0 aliphatic heterocycles. The van der Waals surface area contributed by atoms with Crippen molar-refractivity contribution < 1.29 is 18.3 Å². The van der Waals surface area contributed by atoms with Crippen LogP contribution in [0.5, 0.6) is 0 Å². The minimum Gasteiger partial charge on any atom is -0.392 e. The molecule has 82 valence electrons. The van der Waals surface area contributed by atoms with E-state index >= 15 is 0 Å². The zero-order chi connectivity index (χ0) is 11.4. The van der Waals surface area contributed by atoms with Gasteiger partial charge in [-0.05, 0) is 6.92 Å². The number of rotatable bonds is 4. The van der Waals surface area contributed by atoms with Gasteiger partial charge < -0.3 is 5.11 Å². The number of aliphatic hydroxyl groups excluding tert-OH is 1. The second-order valence-electron chi connectivity index (χ2n) is 3.00. The fraction of sp³-hybridized carbons (Fsp3) is 0.875. The van der Waals surface area contributed by atoms with Crippen molar-refractivity contribution in [2.45, 2.75) is 31.4 Å². The summed E-state index contributed by atoms with van der Waals surface area (Å²) in [6.07, 6.45) is -5.15. The number of hydrogen-bond donors (Lipinski definition) is 1. The third-order valence-corrected chi connectivity index (χ3v) is 3.20. The van der Waals surface area contributed by atoms with Gasteiger partial charge in [0.1, 0.15) is 0 Å². The molecule has 0 heterocycles. The summed E-state index contributed by atoms with van der Waals surface area (Å²) in [6, 6.07) is 1.21. The average Bonchev–Trinajstić information content (AvgIpc) is 2.02. The van der Waals surface area contributed by atoms with Crippen LogP contribution in [0.3, 0.4) is 0 Å². The van der Waals surface area contributed by atoms with Gasteiger partial charge in [-0.1, -0.05) is 6.92 Å². The maximum atomic E-state index is 12.1. The molecule has 0 fully saturated rings. The van der Waals surface area contributed by atoms with E-state index in [-0.39, 0.29) is 11.0 Å². The number of alkyl halides is 3. The topological polar surface area (TPSA) is 44.0 Å². The predicted molar refractivity (Wildman–Crippen MR) is 48.8 cm³/mol. The molecule has 0 rings (SSSR count). The molecule has 0 aromatic rings. The van der Waals surface area contributed by atoms with E-state index in [1.54, 1.807) is 6.92 Å². The van der Waals surface area contributed by atoms with E-state index in [2.05, 4.69) is 0 Å². The van der Waals surface area contributed by atoms with Crippen LogP contribution < -0.4 is 0 Å². The van der Waals surface area contributed by atoms with E-state index in [4.69, 9.17) is 10.4 Å². The Kier molecular flexibility index (Phi) is 5.31. The van der Waals surface area contributed by atoms with Gasteiger partial charge in [0.15, 0.2) is 5.92 Å². The maximum absolute atomic E-state index is 12.1. The van der Waals surface area contributed by atoms with Crippen LogP contribution in [0.15, 0.2) is 0 Å². The van der Waals surface area contributed by atoms with Crippen LogP contribution in [0.1, 0.15) is 13.8 Å². The van der Waals surface area contributed by atoms with Crippen LogP contribution in [0, 0.1) is 17.2 Å². The van der Waals surface area contributed by atoms with E-state index < -0.39 is 18.2 Å². The van der Waals surface area contributed by atoms with E-state index in [0.29, 0.717) is 0 Å². The van der Waals surface area contributed by atoms with Gasteiger partial charge in [-0.15, -0.1) is 0 Å². The molecule has 2 nitrogen and oxygen atoms in total. The zero-order valence-corrected chi connectivity index (χ0v) is 8.69. The summed E-state index contributed by atoms with van der Waals surface area (Å²) in [6.45, 7) is 3.13. The summed E-state index contributed by atoms with van der Waals surface area (Å²) in [7, 11) is 0. The van der Waals surface area contributed by atoms with Crippen molar-refractivity contribution in [2.75, 3.05) is 5.75 Å². The maximum Gasteiger partial charge on any atom is 0.405 e. The Hall–Kier alpha value is -0.410. The first-order chi connectivity index (χ1) is 6.29. The second-order valence-corrected chi connectivity index (χ2v) is 4.41. The summed E-state index contributed by atoms with van der Waals surface area (Å²) >= 11 is 0.952. The molecular formula is C8H12F3NOS. The quantitative estimate of drug-likeness (QED) is 0.800. The predicted octanol–water partition coefficient (Wildman–Crippen LogP) is 2.19. The van der Waals surface area contributed by atoms with Gasteiger partial charge in [-0.2, -0.15) is 30.2 Å². The Morgan fingerprint density at radius 2 is 1.93 bits per heavy atom. The lowest BCUT2D eigenvalue weighted by atomic mass is 10.2. The average molecular weight is 227 g/mol. The van der Waals surface area contributed by atoms with Crippen molar-refractivity contribution in [1.82, 2.24) is 0 Å². The molecule has 0 aliphatic carbocycles. The minimum absolute atomic E-state index is 0.298. The summed E-state index contributed by atoms with van der Waals surface area (Å²) in [5.41, 5.74) is 0. The lowest BCUT2D eigenvalue weighted by molar-refractivity contribution is -0.152. The normalized spacial score (nSPS) is 18.4. The van der Waals surface area contributed by atoms with Gasteiger partial charge >= 0.3 is 6.18 Å². The highest BCUT2D eigenvalue weighted by Gasteiger charge is 2.40. The Morgan fingerprint density at radius 1 is 1.43 bits per heavy atom. The van der Waals surface area contributed by atoms with Crippen LogP contribution in [0.4, 0.5) is 13.2 Å². The molecule has 0 saturated carbocycles. The van der Waals surface area contributed by atoms with Crippen molar-refractivity contribution in [3.63, 3.8) is 0 Å². The fourth-order valence-electron chi connectivity index (χ4n) is 0.592. The van der Waals surface area contributed by atoms with Gasteiger partial charge in [-0.25, -0.2) is 0 Å².